The number of halogens is 2. The Morgan fingerprint density at radius 3 is 2.71 bits per heavy atom. The van der Waals surface area contributed by atoms with Crippen molar-refractivity contribution in [2.24, 2.45) is 0 Å². The molecule has 1 aromatic carbocycles. The molecule has 2 N–H and O–H groups in total. The van der Waals surface area contributed by atoms with Gasteiger partial charge in [0.1, 0.15) is 6.04 Å². The van der Waals surface area contributed by atoms with Crippen LogP contribution in [0.4, 0.5) is 5.69 Å². The summed E-state index contributed by atoms with van der Waals surface area (Å²) in [6.07, 6.45) is 2.46. The SMILES string of the molecule is CC(C(=O)Nc1cccc(Cl)c1Cl)n1cc(C(=O)O)cn1. The summed E-state index contributed by atoms with van der Waals surface area (Å²) in [4.78, 5) is 22.9. The Kier molecular flexibility index (Phi) is 4.50. The van der Waals surface area contributed by atoms with Crippen molar-refractivity contribution in [2.75, 3.05) is 5.32 Å². The molecule has 6 nitrogen and oxygen atoms in total. The molecular formula is C13H11Cl2N3O3. The molecule has 0 saturated heterocycles. The van der Waals surface area contributed by atoms with E-state index in [1.54, 1.807) is 25.1 Å². The van der Waals surface area contributed by atoms with E-state index in [1.165, 1.54) is 17.1 Å². The Bertz CT molecular complexity index is 700. The molecule has 0 bridgehead atoms. The maximum atomic E-state index is 12.1. The van der Waals surface area contributed by atoms with E-state index in [0.29, 0.717) is 10.7 Å². The first kappa shape index (κ1) is 15.3. The van der Waals surface area contributed by atoms with Crippen molar-refractivity contribution >= 4 is 40.8 Å². The summed E-state index contributed by atoms with van der Waals surface area (Å²) in [7, 11) is 0. The summed E-state index contributed by atoms with van der Waals surface area (Å²) in [6.45, 7) is 1.59. The minimum absolute atomic E-state index is 0.00966. The topological polar surface area (TPSA) is 84.2 Å². The highest BCUT2D eigenvalue weighted by Gasteiger charge is 2.19. The van der Waals surface area contributed by atoms with E-state index >= 15 is 0 Å². The van der Waals surface area contributed by atoms with Crippen LogP contribution in [-0.2, 0) is 4.79 Å². The van der Waals surface area contributed by atoms with Crippen LogP contribution in [0.3, 0.4) is 0 Å². The summed E-state index contributed by atoms with van der Waals surface area (Å²) in [6, 6.07) is 4.18. The van der Waals surface area contributed by atoms with Gasteiger partial charge in [-0.2, -0.15) is 5.10 Å². The van der Waals surface area contributed by atoms with Crippen molar-refractivity contribution in [3.63, 3.8) is 0 Å². The highest BCUT2D eigenvalue weighted by molar-refractivity contribution is 6.44. The second-order valence-corrected chi connectivity index (χ2v) is 5.07. The monoisotopic (exact) mass is 327 g/mol. The lowest BCUT2D eigenvalue weighted by Gasteiger charge is -2.13. The van der Waals surface area contributed by atoms with E-state index in [2.05, 4.69) is 10.4 Å². The second-order valence-electron chi connectivity index (χ2n) is 4.28. The summed E-state index contributed by atoms with van der Waals surface area (Å²) >= 11 is 11.9. The van der Waals surface area contributed by atoms with Crippen LogP contribution in [0.1, 0.15) is 23.3 Å². The molecule has 110 valence electrons. The molecule has 0 aliphatic rings. The zero-order chi connectivity index (χ0) is 15.6. The molecule has 0 aliphatic carbocycles. The van der Waals surface area contributed by atoms with Crippen LogP contribution >= 0.6 is 23.2 Å². The molecule has 1 amide bonds. The van der Waals surface area contributed by atoms with Gasteiger partial charge in [-0.15, -0.1) is 0 Å². The predicted octanol–water partition coefficient (Wildman–Crippen LogP) is 3.09. The van der Waals surface area contributed by atoms with E-state index in [9.17, 15) is 9.59 Å². The zero-order valence-corrected chi connectivity index (χ0v) is 12.4. The van der Waals surface area contributed by atoms with E-state index in [-0.39, 0.29) is 16.5 Å². The fourth-order valence-electron chi connectivity index (χ4n) is 1.62. The number of aromatic nitrogens is 2. The number of hydrogen-bond donors (Lipinski definition) is 2. The number of carboxylic acid groups (broad SMARTS) is 1. The van der Waals surface area contributed by atoms with Gasteiger partial charge in [0.15, 0.2) is 0 Å². The first-order chi connectivity index (χ1) is 9.90. The largest absolute Gasteiger partial charge is 0.478 e. The van der Waals surface area contributed by atoms with Crippen molar-refractivity contribution in [1.29, 1.82) is 0 Å². The number of carbonyl (C=O) groups is 2. The first-order valence-electron chi connectivity index (χ1n) is 5.92. The van der Waals surface area contributed by atoms with Crippen LogP contribution in [-0.4, -0.2) is 26.8 Å². The molecule has 0 aliphatic heterocycles. The number of anilines is 1. The van der Waals surface area contributed by atoms with Gasteiger partial charge in [-0.25, -0.2) is 4.79 Å². The van der Waals surface area contributed by atoms with E-state index < -0.39 is 12.0 Å². The number of aromatic carboxylic acids is 1. The quantitative estimate of drug-likeness (QED) is 0.903. The number of rotatable bonds is 4. The number of nitrogens with zero attached hydrogens (tertiary/aromatic N) is 2. The standard InChI is InChI=1S/C13H11Cl2N3O3/c1-7(18-6-8(5-16-18)13(20)21)12(19)17-10-4-2-3-9(14)11(10)15/h2-7H,1H3,(H,17,19)(H,20,21). The lowest BCUT2D eigenvalue weighted by atomic mass is 10.2. The summed E-state index contributed by atoms with van der Waals surface area (Å²) < 4.78 is 1.26. The van der Waals surface area contributed by atoms with Gasteiger partial charge in [0.2, 0.25) is 5.91 Å². The van der Waals surface area contributed by atoms with E-state index in [4.69, 9.17) is 28.3 Å². The number of carbonyl (C=O) groups excluding carboxylic acids is 1. The van der Waals surface area contributed by atoms with Gasteiger partial charge in [-0.05, 0) is 19.1 Å². The molecule has 2 aromatic rings. The third kappa shape index (κ3) is 3.34. The van der Waals surface area contributed by atoms with Gasteiger partial charge in [0.25, 0.3) is 0 Å². The molecule has 0 saturated carbocycles. The fraction of sp³-hybridized carbons (Fsp3) is 0.154. The third-order valence-electron chi connectivity index (χ3n) is 2.83. The van der Waals surface area contributed by atoms with Crippen LogP contribution in [0, 0.1) is 0 Å². The van der Waals surface area contributed by atoms with Crippen LogP contribution in [0.25, 0.3) is 0 Å². The molecule has 21 heavy (non-hydrogen) atoms. The zero-order valence-electron chi connectivity index (χ0n) is 10.9. The number of amides is 1. The van der Waals surface area contributed by atoms with Gasteiger partial charge in [-0.1, -0.05) is 29.3 Å². The summed E-state index contributed by atoms with van der Waals surface area (Å²) in [5, 5.41) is 15.9. The lowest BCUT2D eigenvalue weighted by molar-refractivity contribution is -0.119. The molecule has 0 spiro atoms. The number of nitrogens with one attached hydrogen (secondary N) is 1. The normalized spacial score (nSPS) is 12.0. The Hall–Kier alpha value is -2.05. The molecule has 1 aromatic heterocycles. The van der Waals surface area contributed by atoms with Crippen molar-refractivity contribution in [3.05, 3.63) is 46.2 Å². The highest BCUT2D eigenvalue weighted by Crippen LogP contribution is 2.29. The van der Waals surface area contributed by atoms with Gasteiger partial charge >= 0.3 is 5.97 Å². The molecule has 1 heterocycles. The minimum atomic E-state index is -1.10. The fourth-order valence-corrected chi connectivity index (χ4v) is 1.97. The third-order valence-corrected chi connectivity index (χ3v) is 3.65. The lowest BCUT2D eigenvalue weighted by Crippen LogP contribution is -2.24. The predicted molar refractivity (Wildman–Crippen MR) is 79.0 cm³/mol. The Morgan fingerprint density at radius 2 is 2.10 bits per heavy atom. The molecule has 0 fully saturated rings. The molecule has 1 unspecified atom stereocenters. The number of carboxylic acids is 1. The molecule has 8 heteroatoms. The van der Waals surface area contributed by atoms with Gasteiger partial charge in [-0.3, -0.25) is 9.48 Å². The second kappa shape index (κ2) is 6.15. The molecule has 1 atom stereocenters. The number of hydrogen-bond acceptors (Lipinski definition) is 3. The van der Waals surface area contributed by atoms with Crippen LogP contribution in [0.5, 0.6) is 0 Å². The molecule has 2 rings (SSSR count). The number of benzene rings is 1. The molecule has 0 radical (unpaired) electrons. The van der Waals surface area contributed by atoms with Crippen LogP contribution in [0.2, 0.25) is 10.0 Å². The van der Waals surface area contributed by atoms with Crippen molar-refractivity contribution in [3.8, 4) is 0 Å². The smallest absolute Gasteiger partial charge is 0.338 e. The maximum Gasteiger partial charge on any atom is 0.338 e. The minimum Gasteiger partial charge on any atom is -0.478 e. The van der Waals surface area contributed by atoms with E-state index in [1.807, 2.05) is 0 Å². The summed E-state index contributed by atoms with van der Waals surface area (Å²) in [5.74, 6) is -1.49. The maximum absolute atomic E-state index is 12.1. The van der Waals surface area contributed by atoms with Crippen LogP contribution in [0.15, 0.2) is 30.6 Å². The highest BCUT2D eigenvalue weighted by atomic mass is 35.5. The summed E-state index contributed by atoms with van der Waals surface area (Å²) in [5.41, 5.74) is 0.391. The first-order valence-corrected chi connectivity index (χ1v) is 6.68. The van der Waals surface area contributed by atoms with Gasteiger partial charge in [0.05, 0.1) is 27.5 Å². The van der Waals surface area contributed by atoms with Crippen molar-refractivity contribution in [2.45, 2.75) is 13.0 Å². The van der Waals surface area contributed by atoms with Crippen molar-refractivity contribution < 1.29 is 14.7 Å². The molecular weight excluding hydrogens is 317 g/mol. The van der Waals surface area contributed by atoms with Gasteiger partial charge < -0.3 is 10.4 Å². The van der Waals surface area contributed by atoms with Crippen molar-refractivity contribution in [1.82, 2.24) is 9.78 Å². The Labute approximate surface area is 130 Å². The Morgan fingerprint density at radius 1 is 1.38 bits per heavy atom. The average Bonchev–Trinajstić information content (AvgIpc) is 2.93. The van der Waals surface area contributed by atoms with Crippen LogP contribution < -0.4 is 5.32 Å². The average molecular weight is 328 g/mol. The van der Waals surface area contributed by atoms with E-state index in [0.717, 1.165) is 0 Å². The Balaban J connectivity index is 2.15. The van der Waals surface area contributed by atoms with Gasteiger partial charge in [0, 0.05) is 6.20 Å².